The van der Waals surface area contributed by atoms with Gasteiger partial charge in [0, 0.05) is 30.9 Å². The van der Waals surface area contributed by atoms with Gasteiger partial charge in [-0.25, -0.2) is 9.37 Å². The lowest BCUT2D eigenvalue weighted by Crippen LogP contribution is -2.46. The second kappa shape index (κ2) is 7.70. The Morgan fingerprint density at radius 1 is 1.21 bits per heavy atom. The molecule has 7 heteroatoms. The molecule has 0 spiro atoms. The summed E-state index contributed by atoms with van der Waals surface area (Å²) in [5, 5.41) is 18.4. The molecule has 0 unspecified atom stereocenters. The number of aromatic amines is 2. The van der Waals surface area contributed by atoms with Crippen LogP contribution in [0, 0.1) is 11.7 Å². The lowest BCUT2D eigenvalue weighted by molar-refractivity contribution is 0.0733. The van der Waals surface area contributed by atoms with Gasteiger partial charge in [0.1, 0.15) is 5.69 Å². The second-order valence-corrected chi connectivity index (χ2v) is 9.61. The van der Waals surface area contributed by atoms with Crippen molar-refractivity contribution in [3.8, 4) is 28.4 Å². The largest absolute Gasteiger partial charge is 0.505 e. The molecule has 3 N–H and O–H groups in total. The number of phenols is 1. The van der Waals surface area contributed by atoms with Gasteiger partial charge in [0.15, 0.2) is 17.4 Å². The van der Waals surface area contributed by atoms with E-state index in [4.69, 9.17) is 4.98 Å². The SMILES string of the molecule is CCc1cc(O)c(F)cc1-c1ccc2c(-c3nc4c([nH]3)CN(C3CC(C)C3)CC4)n[nH]c2c1. The van der Waals surface area contributed by atoms with Crippen LogP contribution in [0.1, 0.15) is 43.6 Å². The Kier molecular flexibility index (Phi) is 4.76. The summed E-state index contributed by atoms with van der Waals surface area (Å²) in [6.45, 7) is 6.32. The molecule has 4 aromatic rings. The van der Waals surface area contributed by atoms with Gasteiger partial charge in [0.25, 0.3) is 0 Å². The third-order valence-electron chi connectivity index (χ3n) is 7.38. The Hall–Kier alpha value is -3.19. The number of nitrogens with one attached hydrogen (secondary N) is 2. The molecule has 0 amide bonds. The van der Waals surface area contributed by atoms with Crippen LogP contribution >= 0.6 is 0 Å². The Labute approximate surface area is 191 Å². The fourth-order valence-electron chi connectivity index (χ4n) is 5.43. The number of H-pyrrole nitrogens is 2. The van der Waals surface area contributed by atoms with Gasteiger partial charge in [0.05, 0.1) is 16.9 Å². The third kappa shape index (κ3) is 3.42. The number of rotatable bonds is 4. The zero-order valence-electron chi connectivity index (χ0n) is 19.0. The lowest BCUT2D eigenvalue weighted by Gasteiger charge is -2.43. The third-order valence-corrected chi connectivity index (χ3v) is 7.38. The van der Waals surface area contributed by atoms with E-state index in [2.05, 4.69) is 27.0 Å². The molecule has 33 heavy (non-hydrogen) atoms. The minimum absolute atomic E-state index is 0.312. The predicted molar refractivity (Wildman–Crippen MR) is 126 cm³/mol. The molecule has 1 fully saturated rings. The molecule has 2 aromatic heterocycles. The molecule has 3 heterocycles. The molecule has 0 atom stereocenters. The van der Waals surface area contributed by atoms with E-state index in [9.17, 15) is 9.50 Å². The van der Waals surface area contributed by atoms with Crippen molar-refractivity contribution in [2.75, 3.05) is 6.54 Å². The number of aryl methyl sites for hydroxylation is 1. The van der Waals surface area contributed by atoms with Gasteiger partial charge in [-0.05, 0) is 66.1 Å². The molecule has 1 aliphatic heterocycles. The second-order valence-electron chi connectivity index (χ2n) is 9.61. The van der Waals surface area contributed by atoms with Crippen molar-refractivity contribution in [3.63, 3.8) is 0 Å². The van der Waals surface area contributed by atoms with Crippen molar-refractivity contribution in [1.29, 1.82) is 0 Å². The van der Waals surface area contributed by atoms with E-state index in [-0.39, 0.29) is 5.75 Å². The summed E-state index contributed by atoms with van der Waals surface area (Å²) in [6.07, 6.45) is 4.26. The summed E-state index contributed by atoms with van der Waals surface area (Å²) in [4.78, 5) is 11.0. The van der Waals surface area contributed by atoms with Crippen molar-refractivity contribution < 1.29 is 9.50 Å². The average Bonchev–Trinajstić information content (AvgIpc) is 3.41. The first-order valence-electron chi connectivity index (χ1n) is 11.8. The van der Waals surface area contributed by atoms with Gasteiger partial charge < -0.3 is 10.1 Å². The highest BCUT2D eigenvalue weighted by Gasteiger charge is 2.33. The number of aromatic hydroxyl groups is 1. The highest BCUT2D eigenvalue weighted by atomic mass is 19.1. The maximum Gasteiger partial charge on any atom is 0.165 e. The van der Waals surface area contributed by atoms with E-state index in [1.165, 1.54) is 30.7 Å². The Morgan fingerprint density at radius 2 is 2.06 bits per heavy atom. The van der Waals surface area contributed by atoms with Crippen LogP contribution in [0.2, 0.25) is 0 Å². The molecule has 170 valence electrons. The topological polar surface area (TPSA) is 80.8 Å². The fourth-order valence-corrected chi connectivity index (χ4v) is 5.43. The zero-order chi connectivity index (χ0) is 22.7. The molecule has 2 aliphatic rings. The molecule has 6 nitrogen and oxygen atoms in total. The molecule has 2 aromatic carbocycles. The van der Waals surface area contributed by atoms with Gasteiger partial charge in [-0.2, -0.15) is 5.10 Å². The minimum atomic E-state index is -0.612. The highest BCUT2D eigenvalue weighted by Crippen LogP contribution is 2.36. The standard InChI is InChI=1S/C26H28FN5O/c1-3-15-11-24(33)20(27)12-19(15)16-4-5-18-22(10-16)30-31-25(18)26-28-21-6-7-32(13-23(21)29-26)17-8-14(2)9-17/h4-5,10-12,14,17,33H,3,6-9,13H2,1-2H3,(H,28,29)(H,30,31). The Balaban J connectivity index is 1.32. The van der Waals surface area contributed by atoms with Crippen LogP contribution in [0.3, 0.4) is 0 Å². The first-order valence-corrected chi connectivity index (χ1v) is 11.8. The Morgan fingerprint density at radius 3 is 2.85 bits per heavy atom. The minimum Gasteiger partial charge on any atom is -0.505 e. The highest BCUT2D eigenvalue weighted by molar-refractivity contribution is 5.94. The number of aromatic nitrogens is 4. The van der Waals surface area contributed by atoms with Crippen molar-refractivity contribution in [1.82, 2.24) is 25.1 Å². The smallest absolute Gasteiger partial charge is 0.165 e. The molecule has 0 saturated heterocycles. The number of imidazole rings is 1. The Bertz CT molecular complexity index is 1350. The van der Waals surface area contributed by atoms with Gasteiger partial charge in [-0.1, -0.05) is 19.9 Å². The molecule has 0 radical (unpaired) electrons. The average molecular weight is 446 g/mol. The number of hydrogen-bond donors (Lipinski definition) is 3. The normalized spacial score (nSPS) is 20.7. The number of phenolic OH excluding ortho intramolecular Hbond substituents is 1. The number of benzene rings is 2. The predicted octanol–water partition coefficient (Wildman–Crippen LogP) is 5.18. The number of halogens is 1. The maximum absolute atomic E-state index is 14.1. The molecule has 0 bridgehead atoms. The number of nitrogens with zero attached hydrogens (tertiary/aromatic N) is 3. The van der Waals surface area contributed by atoms with Crippen molar-refractivity contribution in [2.45, 2.75) is 52.1 Å². The quantitative estimate of drug-likeness (QED) is 0.404. The van der Waals surface area contributed by atoms with Crippen LogP contribution in [-0.4, -0.2) is 42.8 Å². The summed E-state index contributed by atoms with van der Waals surface area (Å²) in [5.41, 5.74) is 6.60. The van der Waals surface area contributed by atoms with Gasteiger partial charge in [-0.3, -0.25) is 10.00 Å². The summed E-state index contributed by atoms with van der Waals surface area (Å²) in [7, 11) is 0. The molecule has 1 aliphatic carbocycles. The summed E-state index contributed by atoms with van der Waals surface area (Å²) in [5.74, 6) is 0.722. The van der Waals surface area contributed by atoms with Crippen LogP contribution < -0.4 is 0 Å². The van der Waals surface area contributed by atoms with Crippen molar-refractivity contribution in [3.05, 3.63) is 53.1 Å². The van der Waals surface area contributed by atoms with Crippen LogP contribution in [-0.2, 0) is 19.4 Å². The van der Waals surface area contributed by atoms with Gasteiger partial charge in [-0.15, -0.1) is 0 Å². The van der Waals surface area contributed by atoms with Gasteiger partial charge >= 0.3 is 0 Å². The van der Waals surface area contributed by atoms with Crippen LogP contribution in [0.4, 0.5) is 4.39 Å². The van der Waals surface area contributed by atoms with E-state index >= 15 is 0 Å². The maximum atomic E-state index is 14.1. The first-order chi connectivity index (χ1) is 16.0. The van der Waals surface area contributed by atoms with Gasteiger partial charge in [0.2, 0.25) is 0 Å². The van der Waals surface area contributed by atoms with Crippen molar-refractivity contribution in [2.24, 2.45) is 5.92 Å². The zero-order valence-corrected chi connectivity index (χ0v) is 19.0. The molecule has 6 rings (SSSR count). The monoisotopic (exact) mass is 445 g/mol. The van der Waals surface area contributed by atoms with Crippen LogP contribution in [0.15, 0.2) is 30.3 Å². The summed E-state index contributed by atoms with van der Waals surface area (Å²) < 4.78 is 14.1. The van der Waals surface area contributed by atoms with Crippen molar-refractivity contribution >= 4 is 10.9 Å². The van der Waals surface area contributed by atoms with E-state index in [0.717, 1.165) is 70.2 Å². The molecule has 1 saturated carbocycles. The molecular weight excluding hydrogens is 417 g/mol. The molecular formula is C26H28FN5O. The van der Waals surface area contributed by atoms with E-state index in [0.29, 0.717) is 12.5 Å². The van der Waals surface area contributed by atoms with E-state index in [1.807, 2.05) is 25.1 Å². The summed E-state index contributed by atoms with van der Waals surface area (Å²) in [6, 6.07) is 9.60. The fraction of sp³-hybridized carbons (Fsp3) is 0.385. The van der Waals surface area contributed by atoms with Crippen LogP contribution in [0.25, 0.3) is 33.5 Å². The number of fused-ring (bicyclic) bond motifs is 2. The number of hydrogen-bond acceptors (Lipinski definition) is 4. The van der Waals surface area contributed by atoms with Crippen LogP contribution in [0.5, 0.6) is 5.75 Å². The van der Waals surface area contributed by atoms with E-state index in [1.54, 1.807) is 0 Å². The summed E-state index contributed by atoms with van der Waals surface area (Å²) >= 11 is 0. The first kappa shape index (κ1) is 20.4. The van der Waals surface area contributed by atoms with E-state index < -0.39 is 5.82 Å². The lowest BCUT2D eigenvalue weighted by atomic mass is 9.80.